The Hall–Kier alpha value is -0.260. The molecule has 14 heavy (non-hydrogen) atoms. The summed E-state index contributed by atoms with van der Waals surface area (Å²) < 4.78 is 0. The number of thioether (sulfide) groups is 1. The van der Waals surface area contributed by atoms with Gasteiger partial charge in [0.1, 0.15) is 6.04 Å². The summed E-state index contributed by atoms with van der Waals surface area (Å²) >= 11 is 1.39. The lowest BCUT2D eigenvalue weighted by molar-refractivity contribution is -0.137. The summed E-state index contributed by atoms with van der Waals surface area (Å²) in [4.78, 5) is 10.4. The maximum atomic E-state index is 10.4. The van der Waals surface area contributed by atoms with Gasteiger partial charge in [-0.15, -0.1) is 0 Å². The average Bonchev–Trinajstić information content (AvgIpc) is 2.17. The van der Waals surface area contributed by atoms with E-state index in [0.717, 1.165) is 0 Å². The van der Waals surface area contributed by atoms with Crippen molar-refractivity contribution in [3.63, 3.8) is 0 Å². The van der Waals surface area contributed by atoms with Gasteiger partial charge in [0.2, 0.25) is 0 Å². The van der Waals surface area contributed by atoms with Gasteiger partial charge < -0.3 is 15.9 Å². The number of carboxylic acid groups (broad SMARTS) is 1. The van der Waals surface area contributed by atoms with Gasteiger partial charge in [-0.1, -0.05) is 13.8 Å². The van der Waals surface area contributed by atoms with E-state index in [2.05, 4.69) is 0 Å². The van der Waals surface area contributed by atoms with Gasteiger partial charge in [0.15, 0.2) is 0 Å². The number of nitrogens with two attached hydrogens (primary N) is 1. The third-order valence-corrected chi connectivity index (χ3v) is 3.64. The first-order valence-corrected chi connectivity index (χ1v) is 5.89. The van der Waals surface area contributed by atoms with Gasteiger partial charge in [-0.25, -0.2) is 0 Å². The van der Waals surface area contributed by atoms with Gasteiger partial charge >= 0.3 is 5.97 Å². The Kier molecular flexibility index (Phi) is 6.15. The predicted molar refractivity (Wildman–Crippen MR) is 58.5 cm³/mol. The summed E-state index contributed by atoms with van der Waals surface area (Å²) in [5.41, 5.74) is 4.65. The number of aliphatic hydroxyl groups is 1. The molecule has 0 bridgehead atoms. The normalized spacial score (nSPS) is 14.0. The topological polar surface area (TPSA) is 83.5 Å². The molecule has 0 heterocycles. The Labute approximate surface area is 88.9 Å². The van der Waals surface area contributed by atoms with E-state index in [-0.39, 0.29) is 0 Å². The summed E-state index contributed by atoms with van der Waals surface area (Å²) in [5.74, 6) is -0.104. The smallest absolute Gasteiger partial charge is 0.321 e. The standard InChI is InChI=1S/C9H19NO3S/c1-3-9(13,4-2)6-14-5-7(10)8(11)12/h7,13H,3-6,10H2,1-2H3,(H,11,12)/t7-/m0/s1. The van der Waals surface area contributed by atoms with Crippen LogP contribution in [0.2, 0.25) is 0 Å². The third-order valence-electron chi connectivity index (χ3n) is 2.30. The molecule has 0 saturated heterocycles. The summed E-state index contributed by atoms with van der Waals surface area (Å²) in [6.45, 7) is 3.84. The molecule has 0 unspecified atom stereocenters. The largest absolute Gasteiger partial charge is 0.480 e. The monoisotopic (exact) mass is 221 g/mol. The van der Waals surface area contributed by atoms with Crippen molar-refractivity contribution in [3.05, 3.63) is 0 Å². The van der Waals surface area contributed by atoms with Crippen molar-refractivity contribution in [3.8, 4) is 0 Å². The molecule has 0 rings (SSSR count). The SMILES string of the molecule is CCC(O)(CC)CSC[C@H](N)C(=O)O. The fourth-order valence-corrected chi connectivity index (χ4v) is 2.20. The molecule has 0 aromatic heterocycles. The first-order valence-electron chi connectivity index (χ1n) is 4.73. The lowest BCUT2D eigenvalue weighted by atomic mass is 10.0. The lowest BCUT2D eigenvalue weighted by Crippen LogP contribution is -2.35. The highest BCUT2D eigenvalue weighted by molar-refractivity contribution is 7.99. The minimum Gasteiger partial charge on any atom is -0.480 e. The van der Waals surface area contributed by atoms with Crippen LogP contribution >= 0.6 is 11.8 Å². The number of aliphatic carboxylic acids is 1. The van der Waals surface area contributed by atoms with Crippen molar-refractivity contribution in [2.24, 2.45) is 5.73 Å². The first kappa shape index (κ1) is 13.7. The van der Waals surface area contributed by atoms with Crippen LogP contribution in [0.25, 0.3) is 0 Å². The van der Waals surface area contributed by atoms with Crippen molar-refractivity contribution in [1.82, 2.24) is 0 Å². The highest BCUT2D eigenvalue weighted by atomic mass is 32.2. The second-order valence-corrected chi connectivity index (χ2v) is 4.42. The van der Waals surface area contributed by atoms with E-state index in [4.69, 9.17) is 10.8 Å². The fourth-order valence-electron chi connectivity index (χ4n) is 0.901. The molecule has 4 N–H and O–H groups in total. The first-order chi connectivity index (χ1) is 6.45. The maximum Gasteiger partial charge on any atom is 0.321 e. The van der Waals surface area contributed by atoms with Gasteiger partial charge in [0.25, 0.3) is 0 Å². The van der Waals surface area contributed by atoms with Gasteiger partial charge in [-0.2, -0.15) is 11.8 Å². The van der Waals surface area contributed by atoms with Crippen molar-refractivity contribution < 1.29 is 15.0 Å². The Morgan fingerprint density at radius 3 is 2.36 bits per heavy atom. The highest BCUT2D eigenvalue weighted by Crippen LogP contribution is 2.20. The van der Waals surface area contributed by atoms with Gasteiger partial charge in [-0.3, -0.25) is 4.79 Å². The van der Waals surface area contributed by atoms with Crippen LogP contribution in [0.5, 0.6) is 0 Å². The highest BCUT2D eigenvalue weighted by Gasteiger charge is 2.22. The number of carbonyl (C=O) groups is 1. The summed E-state index contributed by atoms with van der Waals surface area (Å²) in [6.07, 6.45) is 1.36. The number of rotatable bonds is 7. The summed E-state index contributed by atoms with van der Waals surface area (Å²) in [6, 6.07) is -0.835. The van der Waals surface area contributed by atoms with E-state index in [0.29, 0.717) is 24.3 Å². The second kappa shape index (κ2) is 6.27. The molecule has 5 heteroatoms. The average molecular weight is 221 g/mol. The number of hydrogen-bond acceptors (Lipinski definition) is 4. The van der Waals surface area contributed by atoms with Gasteiger partial charge in [0, 0.05) is 11.5 Å². The molecular formula is C9H19NO3S. The molecular weight excluding hydrogens is 202 g/mol. The van der Waals surface area contributed by atoms with Crippen LogP contribution in [0, 0.1) is 0 Å². The maximum absolute atomic E-state index is 10.4. The van der Waals surface area contributed by atoms with Crippen LogP contribution in [0.4, 0.5) is 0 Å². The molecule has 0 aliphatic rings. The van der Waals surface area contributed by atoms with Gasteiger partial charge in [0.05, 0.1) is 5.60 Å². The summed E-state index contributed by atoms with van der Waals surface area (Å²) in [7, 11) is 0. The van der Waals surface area contributed by atoms with E-state index < -0.39 is 17.6 Å². The fraction of sp³-hybridized carbons (Fsp3) is 0.889. The Bertz CT molecular complexity index is 183. The van der Waals surface area contributed by atoms with Crippen LogP contribution in [0.3, 0.4) is 0 Å². The molecule has 1 atom stereocenters. The number of hydrogen-bond donors (Lipinski definition) is 3. The van der Waals surface area contributed by atoms with Crippen LogP contribution < -0.4 is 5.73 Å². The molecule has 0 radical (unpaired) electrons. The van der Waals surface area contributed by atoms with Crippen LogP contribution in [-0.4, -0.2) is 39.3 Å². The van der Waals surface area contributed by atoms with Crippen LogP contribution in [-0.2, 0) is 4.79 Å². The minimum absolute atomic E-state index is 0.345. The van der Waals surface area contributed by atoms with E-state index in [9.17, 15) is 9.90 Å². The Balaban J connectivity index is 3.77. The van der Waals surface area contributed by atoms with Gasteiger partial charge in [-0.05, 0) is 12.8 Å². The molecule has 4 nitrogen and oxygen atoms in total. The molecule has 0 aliphatic carbocycles. The van der Waals surface area contributed by atoms with E-state index >= 15 is 0 Å². The zero-order valence-corrected chi connectivity index (χ0v) is 9.51. The zero-order valence-electron chi connectivity index (χ0n) is 8.69. The van der Waals surface area contributed by atoms with E-state index in [1.807, 2.05) is 13.8 Å². The molecule has 0 aromatic carbocycles. The number of carboxylic acids is 1. The molecule has 0 saturated carbocycles. The Morgan fingerprint density at radius 2 is 2.00 bits per heavy atom. The van der Waals surface area contributed by atoms with E-state index in [1.54, 1.807) is 0 Å². The summed E-state index contributed by atoms with van der Waals surface area (Å²) in [5, 5.41) is 18.4. The minimum atomic E-state index is -0.992. The third kappa shape index (κ3) is 4.83. The van der Waals surface area contributed by atoms with E-state index in [1.165, 1.54) is 11.8 Å². The van der Waals surface area contributed by atoms with Crippen LogP contribution in [0.15, 0.2) is 0 Å². The molecule has 0 aliphatic heterocycles. The lowest BCUT2D eigenvalue weighted by Gasteiger charge is -2.24. The van der Waals surface area contributed by atoms with Crippen LogP contribution in [0.1, 0.15) is 26.7 Å². The molecule has 0 amide bonds. The predicted octanol–water partition coefficient (Wildman–Crippen LogP) is 0.683. The van der Waals surface area contributed by atoms with Crippen molar-refractivity contribution >= 4 is 17.7 Å². The molecule has 0 aromatic rings. The molecule has 84 valence electrons. The zero-order chi connectivity index (χ0) is 11.2. The van der Waals surface area contributed by atoms with Crippen molar-refractivity contribution in [2.45, 2.75) is 38.3 Å². The molecule has 0 spiro atoms. The second-order valence-electron chi connectivity index (χ2n) is 3.39. The molecule has 0 fully saturated rings. The Morgan fingerprint density at radius 1 is 1.50 bits per heavy atom. The van der Waals surface area contributed by atoms with Crippen molar-refractivity contribution in [2.75, 3.05) is 11.5 Å². The quantitative estimate of drug-likeness (QED) is 0.589. The van der Waals surface area contributed by atoms with Crippen molar-refractivity contribution in [1.29, 1.82) is 0 Å².